The number of aromatic nitrogens is 2. The van der Waals surface area contributed by atoms with Gasteiger partial charge in [-0.15, -0.1) is 0 Å². The van der Waals surface area contributed by atoms with Gasteiger partial charge in [-0.25, -0.2) is 4.39 Å². The minimum absolute atomic E-state index is 0.253. The summed E-state index contributed by atoms with van der Waals surface area (Å²) in [6, 6.07) is 8.92. The molecular formula is C15H12ClFN2S. The van der Waals surface area contributed by atoms with Crippen LogP contribution in [0.3, 0.4) is 0 Å². The number of aromatic amines is 1. The highest BCUT2D eigenvalue weighted by atomic mass is 35.5. The Bertz CT molecular complexity index is 859. The smallest absolute Gasteiger partial charge is 0.182 e. The van der Waals surface area contributed by atoms with Gasteiger partial charge in [0.05, 0.1) is 21.7 Å². The van der Waals surface area contributed by atoms with Gasteiger partial charge >= 0.3 is 0 Å². The van der Waals surface area contributed by atoms with Crippen molar-refractivity contribution in [2.75, 3.05) is 0 Å². The number of halogens is 2. The van der Waals surface area contributed by atoms with E-state index < -0.39 is 0 Å². The molecule has 2 aromatic carbocycles. The molecule has 0 spiro atoms. The van der Waals surface area contributed by atoms with Gasteiger partial charge in [0.15, 0.2) is 4.77 Å². The molecule has 5 heteroatoms. The molecule has 102 valence electrons. The van der Waals surface area contributed by atoms with E-state index in [1.165, 1.54) is 6.07 Å². The fraction of sp³-hybridized carbons (Fsp3) is 0.133. The second-order valence-electron chi connectivity index (χ2n) is 4.79. The number of nitrogens with zero attached hydrogens (tertiary/aromatic N) is 1. The largest absolute Gasteiger partial charge is 0.330 e. The lowest BCUT2D eigenvalue weighted by Crippen LogP contribution is -1.98. The Morgan fingerprint density at radius 1 is 1.20 bits per heavy atom. The van der Waals surface area contributed by atoms with Gasteiger partial charge in [0.2, 0.25) is 0 Å². The first-order valence-corrected chi connectivity index (χ1v) is 6.94. The van der Waals surface area contributed by atoms with E-state index in [1.54, 1.807) is 13.0 Å². The molecule has 0 saturated heterocycles. The van der Waals surface area contributed by atoms with E-state index in [1.807, 2.05) is 29.7 Å². The van der Waals surface area contributed by atoms with Crippen molar-refractivity contribution >= 4 is 34.9 Å². The summed E-state index contributed by atoms with van der Waals surface area (Å²) >= 11 is 11.7. The first-order chi connectivity index (χ1) is 9.49. The molecule has 0 aliphatic rings. The number of H-pyrrole nitrogens is 1. The van der Waals surface area contributed by atoms with Gasteiger partial charge in [-0.2, -0.15) is 0 Å². The van der Waals surface area contributed by atoms with Crippen molar-refractivity contribution in [3.8, 4) is 5.69 Å². The third-order valence-corrected chi connectivity index (χ3v) is 3.96. The molecule has 20 heavy (non-hydrogen) atoms. The number of nitrogens with one attached hydrogen (secondary N) is 1. The van der Waals surface area contributed by atoms with E-state index in [-0.39, 0.29) is 5.82 Å². The fourth-order valence-corrected chi connectivity index (χ4v) is 2.97. The summed E-state index contributed by atoms with van der Waals surface area (Å²) < 4.78 is 16.0. The highest BCUT2D eigenvalue weighted by Crippen LogP contribution is 2.29. The van der Waals surface area contributed by atoms with E-state index in [0.29, 0.717) is 20.9 Å². The Morgan fingerprint density at radius 3 is 2.65 bits per heavy atom. The third kappa shape index (κ3) is 1.96. The van der Waals surface area contributed by atoms with Crippen molar-refractivity contribution in [3.63, 3.8) is 0 Å². The number of para-hydroxylation sites is 1. The lowest BCUT2D eigenvalue weighted by atomic mass is 10.1. The third-order valence-electron chi connectivity index (χ3n) is 3.37. The van der Waals surface area contributed by atoms with Gasteiger partial charge in [-0.05, 0) is 55.4 Å². The van der Waals surface area contributed by atoms with Crippen LogP contribution in [0.25, 0.3) is 16.7 Å². The molecule has 1 N–H and O–H groups in total. The zero-order chi connectivity index (χ0) is 14.4. The number of hydrogen-bond acceptors (Lipinski definition) is 1. The topological polar surface area (TPSA) is 20.7 Å². The molecule has 1 heterocycles. The van der Waals surface area contributed by atoms with Gasteiger partial charge in [-0.1, -0.05) is 23.7 Å². The molecule has 0 aliphatic carbocycles. The summed E-state index contributed by atoms with van der Waals surface area (Å²) in [6.07, 6.45) is 0. The Labute approximate surface area is 125 Å². The van der Waals surface area contributed by atoms with Crippen LogP contribution in [0.2, 0.25) is 5.02 Å². The molecule has 0 radical (unpaired) electrons. The molecule has 0 atom stereocenters. The molecule has 0 aliphatic heterocycles. The van der Waals surface area contributed by atoms with E-state index >= 15 is 0 Å². The summed E-state index contributed by atoms with van der Waals surface area (Å²) in [6.45, 7) is 3.70. The number of imidazole rings is 1. The van der Waals surface area contributed by atoms with Gasteiger partial charge in [-0.3, -0.25) is 4.57 Å². The normalized spacial score (nSPS) is 11.2. The standard InChI is InChI=1S/C15H12ClFN2S/c1-8-4-3-5-10(16)14(8)19-13-6-9(2)11(17)7-12(13)18-15(19)20/h3-7H,1-2H3,(H,18,20). The second kappa shape index (κ2) is 4.72. The Morgan fingerprint density at radius 2 is 1.95 bits per heavy atom. The van der Waals surface area contributed by atoms with Gasteiger partial charge in [0.1, 0.15) is 5.82 Å². The van der Waals surface area contributed by atoms with Gasteiger partial charge in [0.25, 0.3) is 0 Å². The summed E-state index contributed by atoms with van der Waals surface area (Å²) in [4.78, 5) is 3.03. The van der Waals surface area contributed by atoms with E-state index in [4.69, 9.17) is 23.8 Å². The van der Waals surface area contributed by atoms with Crippen LogP contribution in [0.4, 0.5) is 4.39 Å². The minimum atomic E-state index is -0.253. The quantitative estimate of drug-likeness (QED) is 0.620. The minimum Gasteiger partial charge on any atom is -0.330 e. The van der Waals surface area contributed by atoms with E-state index in [2.05, 4.69) is 4.98 Å². The van der Waals surface area contributed by atoms with Crippen molar-refractivity contribution in [3.05, 3.63) is 57.1 Å². The van der Waals surface area contributed by atoms with Crippen LogP contribution in [0.1, 0.15) is 11.1 Å². The first kappa shape index (κ1) is 13.3. The van der Waals surface area contributed by atoms with Crippen LogP contribution in [0, 0.1) is 24.4 Å². The zero-order valence-electron chi connectivity index (χ0n) is 11.0. The second-order valence-corrected chi connectivity index (χ2v) is 5.58. The Hall–Kier alpha value is -1.65. The van der Waals surface area contributed by atoms with Crippen LogP contribution in [-0.4, -0.2) is 9.55 Å². The summed E-state index contributed by atoms with van der Waals surface area (Å²) in [5.41, 5.74) is 3.90. The maximum atomic E-state index is 13.7. The molecule has 3 rings (SSSR count). The zero-order valence-corrected chi connectivity index (χ0v) is 12.6. The molecule has 0 unspecified atom stereocenters. The number of fused-ring (bicyclic) bond motifs is 1. The molecule has 1 aromatic heterocycles. The first-order valence-electron chi connectivity index (χ1n) is 6.15. The van der Waals surface area contributed by atoms with Crippen molar-refractivity contribution in [1.29, 1.82) is 0 Å². The average Bonchev–Trinajstić information content (AvgIpc) is 2.67. The average molecular weight is 307 g/mol. The predicted molar refractivity (Wildman–Crippen MR) is 82.9 cm³/mol. The van der Waals surface area contributed by atoms with Crippen molar-refractivity contribution < 1.29 is 4.39 Å². The van der Waals surface area contributed by atoms with Crippen LogP contribution >= 0.6 is 23.8 Å². The Kier molecular flexibility index (Phi) is 3.15. The molecule has 0 amide bonds. The summed E-state index contributed by atoms with van der Waals surface area (Å²) in [5, 5.41) is 0.615. The van der Waals surface area contributed by atoms with Crippen LogP contribution in [0.5, 0.6) is 0 Å². The SMILES string of the molecule is Cc1cc2c(cc1F)[nH]c(=S)n2-c1c(C)cccc1Cl. The molecular weight excluding hydrogens is 295 g/mol. The molecule has 0 bridgehead atoms. The maximum absolute atomic E-state index is 13.7. The highest BCUT2D eigenvalue weighted by Gasteiger charge is 2.13. The number of benzene rings is 2. The Balaban J connectivity index is 2.46. The van der Waals surface area contributed by atoms with Crippen LogP contribution < -0.4 is 0 Å². The van der Waals surface area contributed by atoms with Crippen LogP contribution in [0.15, 0.2) is 30.3 Å². The molecule has 0 fully saturated rings. The monoisotopic (exact) mass is 306 g/mol. The van der Waals surface area contributed by atoms with E-state index in [0.717, 1.165) is 16.8 Å². The molecule has 0 saturated carbocycles. The van der Waals surface area contributed by atoms with Gasteiger partial charge in [0, 0.05) is 0 Å². The number of hydrogen-bond donors (Lipinski definition) is 1. The van der Waals surface area contributed by atoms with Crippen molar-refractivity contribution in [1.82, 2.24) is 9.55 Å². The van der Waals surface area contributed by atoms with Crippen molar-refractivity contribution in [2.45, 2.75) is 13.8 Å². The van der Waals surface area contributed by atoms with Gasteiger partial charge < -0.3 is 4.98 Å². The predicted octanol–water partition coefficient (Wildman–Crippen LogP) is 5.10. The lowest BCUT2D eigenvalue weighted by molar-refractivity contribution is 0.620. The number of aryl methyl sites for hydroxylation is 2. The fourth-order valence-electron chi connectivity index (χ4n) is 2.36. The molecule has 3 aromatic rings. The maximum Gasteiger partial charge on any atom is 0.182 e. The molecule has 2 nitrogen and oxygen atoms in total. The van der Waals surface area contributed by atoms with E-state index in [9.17, 15) is 4.39 Å². The van der Waals surface area contributed by atoms with Crippen LogP contribution in [-0.2, 0) is 0 Å². The number of rotatable bonds is 1. The van der Waals surface area contributed by atoms with Crippen molar-refractivity contribution in [2.24, 2.45) is 0 Å². The summed E-state index contributed by atoms with van der Waals surface area (Å²) in [7, 11) is 0. The highest BCUT2D eigenvalue weighted by molar-refractivity contribution is 7.71. The summed E-state index contributed by atoms with van der Waals surface area (Å²) in [5.74, 6) is -0.253. The lowest BCUT2D eigenvalue weighted by Gasteiger charge is -2.11.